The Morgan fingerprint density at radius 2 is 2.16 bits per heavy atom. The molecule has 0 radical (unpaired) electrons. The smallest absolute Gasteiger partial charge is 0.274 e. The van der Waals surface area contributed by atoms with Gasteiger partial charge in [-0.15, -0.1) is 0 Å². The lowest BCUT2D eigenvalue weighted by Gasteiger charge is -2.32. The third-order valence-electron chi connectivity index (χ3n) is 3.58. The summed E-state index contributed by atoms with van der Waals surface area (Å²) in [6.45, 7) is 7.02. The molecule has 1 aromatic rings. The highest BCUT2D eigenvalue weighted by Crippen LogP contribution is 2.16. The third-order valence-corrected chi connectivity index (χ3v) is 3.58. The van der Waals surface area contributed by atoms with Crippen molar-refractivity contribution in [1.29, 1.82) is 0 Å². The monoisotopic (exact) mass is 262 g/mol. The van der Waals surface area contributed by atoms with Crippen molar-refractivity contribution in [2.75, 3.05) is 19.6 Å². The fraction of sp³-hybridized carbons (Fsp3) is 0.643. The van der Waals surface area contributed by atoms with Gasteiger partial charge in [0.25, 0.3) is 5.91 Å². The quantitative estimate of drug-likeness (QED) is 0.889. The van der Waals surface area contributed by atoms with Crippen LogP contribution >= 0.6 is 0 Å². The summed E-state index contributed by atoms with van der Waals surface area (Å²) >= 11 is 0. The number of hydrogen-bond acceptors (Lipinski definition) is 4. The maximum Gasteiger partial charge on any atom is 0.274 e. The normalized spacial score (nSPS) is 16.6. The zero-order valence-corrected chi connectivity index (χ0v) is 11.7. The van der Waals surface area contributed by atoms with Crippen LogP contribution in [0.1, 0.15) is 37.2 Å². The van der Waals surface area contributed by atoms with E-state index in [2.05, 4.69) is 29.1 Å². The fourth-order valence-electron chi connectivity index (χ4n) is 2.43. The molecule has 2 rings (SSSR count). The summed E-state index contributed by atoms with van der Waals surface area (Å²) in [4.78, 5) is 22.5. The van der Waals surface area contributed by atoms with E-state index in [0.717, 1.165) is 32.5 Å². The summed E-state index contributed by atoms with van der Waals surface area (Å²) < 4.78 is 0. The first-order valence-corrected chi connectivity index (χ1v) is 6.96. The van der Waals surface area contributed by atoms with Crippen molar-refractivity contribution in [2.24, 2.45) is 5.92 Å². The molecule has 1 aliphatic heterocycles. The molecule has 0 aromatic carbocycles. The van der Waals surface area contributed by atoms with Gasteiger partial charge in [-0.25, -0.2) is 4.98 Å². The highest BCUT2D eigenvalue weighted by Gasteiger charge is 2.24. The Labute approximate surface area is 114 Å². The van der Waals surface area contributed by atoms with Crippen molar-refractivity contribution < 1.29 is 4.79 Å². The van der Waals surface area contributed by atoms with Crippen LogP contribution in [-0.2, 0) is 0 Å². The molecule has 2 heterocycles. The second-order valence-electron chi connectivity index (χ2n) is 5.34. The zero-order chi connectivity index (χ0) is 13.7. The lowest BCUT2D eigenvalue weighted by Crippen LogP contribution is -2.43. The number of nitrogens with one attached hydrogen (secondary N) is 1. The summed E-state index contributed by atoms with van der Waals surface area (Å²) in [6.07, 6.45) is 6.97. The Hall–Kier alpha value is -1.49. The molecule has 1 fully saturated rings. The average molecular weight is 262 g/mol. The van der Waals surface area contributed by atoms with Crippen LogP contribution in [0.25, 0.3) is 0 Å². The molecular weight excluding hydrogens is 240 g/mol. The first kappa shape index (κ1) is 13.9. The Balaban J connectivity index is 2.05. The molecule has 0 spiro atoms. The van der Waals surface area contributed by atoms with Gasteiger partial charge in [0.2, 0.25) is 0 Å². The minimum atomic E-state index is -0.0124. The number of aromatic nitrogens is 2. The van der Waals surface area contributed by atoms with Gasteiger partial charge in [0.1, 0.15) is 5.69 Å². The van der Waals surface area contributed by atoms with Gasteiger partial charge < -0.3 is 10.2 Å². The van der Waals surface area contributed by atoms with E-state index in [9.17, 15) is 4.79 Å². The molecule has 19 heavy (non-hydrogen) atoms. The number of piperidine rings is 1. The summed E-state index contributed by atoms with van der Waals surface area (Å²) in [5.41, 5.74) is 0.435. The molecule has 0 aliphatic carbocycles. The van der Waals surface area contributed by atoms with Crippen molar-refractivity contribution in [3.8, 4) is 0 Å². The van der Waals surface area contributed by atoms with E-state index in [-0.39, 0.29) is 11.9 Å². The summed E-state index contributed by atoms with van der Waals surface area (Å²) in [5, 5.41) is 3.35. The highest BCUT2D eigenvalue weighted by molar-refractivity contribution is 5.92. The Morgan fingerprint density at radius 3 is 2.74 bits per heavy atom. The molecule has 1 aromatic heterocycles. The van der Waals surface area contributed by atoms with Crippen LogP contribution < -0.4 is 5.32 Å². The van der Waals surface area contributed by atoms with Crippen molar-refractivity contribution in [3.05, 3.63) is 24.3 Å². The maximum atomic E-state index is 12.5. The van der Waals surface area contributed by atoms with Crippen molar-refractivity contribution in [3.63, 3.8) is 0 Å². The van der Waals surface area contributed by atoms with E-state index in [1.54, 1.807) is 18.6 Å². The first-order valence-electron chi connectivity index (χ1n) is 6.96. The maximum absolute atomic E-state index is 12.5. The van der Waals surface area contributed by atoms with Crippen molar-refractivity contribution in [2.45, 2.75) is 32.7 Å². The van der Waals surface area contributed by atoms with Crippen LogP contribution in [0, 0.1) is 5.92 Å². The molecule has 0 atom stereocenters. The molecular formula is C14H22N4O. The molecule has 0 unspecified atom stereocenters. The number of carbonyl (C=O) groups is 1. The highest BCUT2D eigenvalue weighted by atomic mass is 16.2. The third kappa shape index (κ3) is 3.73. The number of carbonyl (C=O) groups excluding carboxylic acids is 1. The minimum Gasteiger partial charge on any atom is -0.335 e. The minimum absolute atomic E-state index is 0.0124. The zero-order valence-electron chi connectivity index (χ0n) is 11.7. The molecule has 1 saturated heterocycles. The van der Waals surface area contributed by atoms with Gasteiger partial charge in [-0.05, 0) is 45.7 Å². The van der Waals surface area contributed by atoms with Crippen LogP contribution in [0.15, 0.2) is 18.6 Å². The van der Waals surface area contributed by atoms with E-state index < -0.39 is 0 Å². The van der Waals surface area contributed by atoms with Crippen molar-refractivity contribution >= 4 is 5.91 Å². The van der Waals surface area contributed by atoms with Crippen LogP contribution in [-0.4, -0.2) is 46.5 Å². The molecule has 1 aliphatic rings. The largest absolute Gasteiger partial charge is 0.335 e. The Bertz CT molecular complexity index is 401. The van der Waals surface area contributed by atoms with E-state index in [4.69, 9.17) is 0 Å². The van der Waals surface area contributed by atoms with Crippen LogP contribution in [0.2, 0.25) is 0 Å². The van der Waals surface area contributed by atoms with Gasteiger partial charge >= 0.3 is 0 Å². The lowest BCUT2D eigenvalue weighted by atomic mass is 9.97. The van der Waals surface area contributed by atoms with Gasteiger partial charge in [0.05, 0.1) is 6.20 Å². The summed E-state index contributed by atoms with van der Waals surface area (Å²) in [7, 11) is 0. The fourth-order valence-corrected chi connectivity index (χ4v) is 2.43. The van der Waals surface area contributed by atoms with Gasteiger partial charge in [0, 0.05) is 25.0 Å². The predicted molar refractivity (Wildman–Crippen MR) is 73.8 cm³/mol. The van der Waals surface area contributed by atoms with Crippen LogP contribution in [0.5, 0.6) is 0 Å². The average Bonchev–Trinajstić information content (AvgIpc) is 2.46. The van der Waals surface area contributed by atoms with E-state index in [1.165, 1.54) is 0 Å². The van der Waals surface area contributed by atoms with Crippen molar-refractivity contribution in [1.82, 2.24) is 20.2 Å². The van der Waals surface area contributed by atoms with Gasteiger partial charge in [-0.2, -0.15) is 0 Å². The number of amides is 1. The first-order chi connectivity index (χ1) is 9.18. The summed E-state index contributed by atoms with van der Waals surface area (Å²) in [6, 6.07) is 0.185. The molecule has 1 N–H and O–H groups in total. The predicted octanol–water partition coefficient (Wildman–Crippen LogP) is 1.33. The Morgan fingerprint density at radius 1 is 1.42 bits per heavy atom. The van der Waals surface area contributed by atoms with Gasteiger partial charge in [0.15, 0.2) is 0 Å². The lowest BCUT2D eigenvalue weighted by molar-refractivity contribution is 0.0651. The van der Waals surface area contributed by atoms with E-state index in [0.29, 0.717) is 11.6 Å². The van der Waals surface area contributed by atoms with Gasteiger partial charge in [-0.1, -0.05) is 0 Å². The molecule has 0 bridgehead atoms. The number of nitrogens with zero attached hydrogens (tertiary/aromatic N) is 3. The molecule has 5 nitrogen and oxygen atoms in total. The summed E-state index contributed by atoms with van der Waals surface area (Å²) in [5.74, 6) is 0.575. The van der Waals surface area contributed by atoms with Crippen LogP contribution in [0.3, 0.4) is 0 Å². The van der Waals surface area contributed by atoms with Gasteiger partial charge in [-0.3, -0.25) is 9.78 Å². The molecule has 1 amide bonds. The second-order valence-corrected chi connectivity index (χ2v) is 5.34. The Kier molecular flexibility index (Phi) is 4.85. The number of rotatable bonds is 4. The number of hydrogen-bond donors (Lipinski definition) is 1. The standard InChI is InChI=1S/C14H22N4O/c1-11(2)18(10-12-3-5-15-6-4-12)14(19)13-9-16-7-8-17-13/h7-9,11-12,15H,3-6,10H2,1-2H3. The second kappa shape index (κ2) is 6.61. The molecule has 5 heteroatoms. The topological polar surface area (TPSA) is 58.1 Å². The molecule has 0 saturated carbocycles. The van der Waals surface area contributed by atoms with Crippen LogP contribution in [0.4, 0.5) is 0 Å². The SMILES string of the molecule is CC(C)N(CC1CCNCC1)C(=O)c1cnccn1. The van der Waals surface area contributed by atoms with E-state index >= 15 is 0 Å². The van der Waals surface area contributed by atoms with E-state index in [1.807, 2.05) is 4.90 Å². The molecule has 104 valence electrons.